The third kappa shape index (κ3) is 23.2. The lowest BCUT2D eigenvalue weighted by atomic mass is 10.0. The molecule has 0 atom stereocenters. The first-order valence-electron chi connectivity index (χ1n) is 11.6. The summed E-state index contributed by atoms with van der Waals surface area (Å²) in [5.41, 5.74) is 0. The second-order valence-corrected chi connectivity index (χ2v) is 7.85. The third-order valence-corrected chi connectivity index (χ3v) is 5.15. The largest absolute Gasteiger partial charge is 0.481 e. The molecule has 0 aromatic carbocycles. The van der Waals surface area contributed by atoms with E-state index in [1.165, 1.54) is 109 Å². The van der Waals surface area contributed by atoms with Crippen molar-refractivity contribution in [1.29, 1.82) is 0 Å². The molecule has 0 amide bonds. The van der Waals surface area contributed by atoms with E-state index in [-0.39, 0.29) is 0 Å². The molecule has 0 aliphatic heterocycles. The van der Waals surface area contributed by atoms with Crippen LogP contribution in [0.25, 0.3) is 0 Å². The number of rotatable bonds is 21. The van der Waals surface area contributed by atoms with Gasteiger partial charge in [-0.15, -0.1) is 0 Å². The summed E-state index contributed by atoms with van der Waals surface area (Å²) in [5.74, 6) is -0.653. The van der Waals surface area contributed by atoms with E-state index in [1.54, 1.807) is 0 Å². The van der Waals surface area contributed by atoms with Crippen LogP contribution in [0, 0.1) is 0 Å². The molecule has 0 saturated carbocycles. The van der Waals surface area contributed by atoms with E-state index in [4.69, 9.17) is 5.11 Å². The number of unbranched alkanes of at least 4 members (excludes halogenated alkanes) is 17. The highest BCUT2D eigenvalue weighted by Crippen LogP contribution is 2.14. The molecule has 0 aliphatic rings. The Balaban J connectivity index is 3.04. The van der Waals surface area contributed by atoms with Crippen molar-refractivity contribution in [3.05, 3.63) is 12.2 Å². The van der Waals surface area contributed by atoms with Gasteiger partial charge in [0.1, 0.15) is 0 Å². The van der Waals surface area contributed by atoms with E-state index in [0.29, 0.717) is 6.42 Å². The van der Waals surface area contributed by atoms with Gasteiger partial charge < -0.3 is 5.11 Å². The molecule has 0 fully saturated rings. The summed E-state index contributed by atoms with van der Waals surface area (Å²) in [7, 11) is 0. The zero-order chi connectivity index (χ0) is 19.1. The molecule has 0 spiro atoms. The summed E-state index contributed by atoms with van der Waals surface area (Å²) in [6.45, 7) is 2.26. The Labute approximate surface area is 163 Å². The molecule has 0 aromatic heterocycles. The molecule has 1 N–H and O–H groups in total. The standard InChI is InChI=1S/C24H46O2/c1-2-3-4-5-6-7-8-9-10-11-12-13-14-15-16-17-18-19-20-21-22-23-24(25)26/h6-7H,2-5,8-23H2,1H3,(H,25,26). The summed E-state index contributed by atoms with van der Waals surface area (Å²) in [4.78, 5) is 10.4. The van der Waals surface area contributed by atoms with E-state index in [2.05, 4.69) is 19.1 Å². The topological polar surface area (TPSA) is 37.3 Å². The van der Waals surface area contributed by atoms with E-state index in [9.17, 15) is 4.79 Å². The molecule has 0 bridgehead atoms. The van der Waals surface area contributed by atoms with Gasteiger partial charge in [0.2, 0.25) is 0 Å². The Morgan fingerprint density at radius 2 is 0.923 bits per heavy atom. The van der Waals surface area contributed by atoms with Crippen molar-refractivity contribution in [3.63, 3.8) is 0 Å². The van der Waals surface area contributed by atoms with Crippen molar-refractivity contribution in [2.75, 3.05) is 0 Å². The smallest absolute Gasteiger partial charge is 0.303 e. The summed E-state index contributed by atoms with van der Waals surface area (Å²) in [6.07, 6.45) is 30.1. The highest BCUT2D eigenvalue weighted by molar-refractivity contribution is 5.66. The lowest BCUT2D eigenvalue weighted by Gasteiger charge is -2.03. The predicted molar refractivity (Wildman–Crippen MR) is 115 cm³/mol. The maximum Gasteiger partial charge on any atom is 0.303 e. The van der Waals surface area contributed by atoms with E-state index < -0.39 is 5.97 Å². The molecule has 0 heterocycles. The van der Waals surface area contributed by atoms with Crippen molar-refractivity contribution in [2.24, 2.45) is 0 Å². The van der Waals surface area contributed by atoms with Crippen LogP contribution in [-0.2, 0) is 4.79 Å². The number of carboxylic acids is 1. The van der Waals surface area contributed by atoms with Crippen LogP contribution in [0.15, 0.2) is 12.2 Å². The van der Waals surface area contributed by atoms with Gasteiger partial charge in [-0.3, -0.25) is 4.79 Å². The number of hydrogen-bond acceptors (Lipinski definition) is 1. The molecular weight excluding hydrogens is 320 g/mol. The van der Waals surface area contributed by atoms with Crippen molar-refractivity contribution in [3.8, 4) is 0 Å². The van der Waals surface area contributed by atoms with E-state index in [1.807, 2.05) is 0 Å². The summed E-state index contributed by atoms with van der Waals surface area (Å²) in [6, 6.07) is 0. The van der Waals surface area contributed by atoms with Crippen LogP contribution >= 0.6 is 0 Å². The number of carboxylic acid groups (broad SMARTS) is 1. The molecule has 0 aliphatic carbocycles. The van der Waals surface area contributed by atoms with Gasteiger partial charge in [0, 0.05) is 6.42 Å². The lowest BCUT2D eigenvalue weighted by molar-refractivity contribution is -0.137. The zero-order valence-corrected chi connectivity index (χ0v) is 17.7. The minimum atomic E-state index is -0.653. The molecular formula is C24H46O2. The summed E-state index contributed by atoms with van der Waals surface area (Å²) in [5, 5.41) is 8.57. The Morgan fingerprint density at radius 1 is 0.577 bits per heavy atom. The van der Waals surface area contributed by atoms with Gasteiger partial charge in [0.15, 0.2) is 0 Å². The normalized spacial score (nSPS) is 11.4. The third-order valence-electron chi connectivity index (χ3n) is 5.15. The second kappa shape index (κ2) is 22.3. The SMILES string of the molecule is CCCCCC=CCCCCCCCCCCCCCCCCC(=O)O. The van der Waals surface area contributed by atoms with E-state index >= 15 is 0 Å². The van der Waals surface area contributed by atoms with Crippen LogP contribution in [0.1, 0.15) is 135 Å². The zero-order valence-electron chi connectivity index (χ0n) is 17.7. The summed E-state index contributed by atoms with van der Waals surface area (Å²) < 4.78 is 0. The van der Waals surface area contributed by atoms with Crippen LogP contribution < -0.4 is 0 Å². The fourth-order valence-electron chi connectivity index (χ4n) is 3.41. The minimum absolute atomic E-state index is 0.343. The van der Waals surface area contributed by atoms with Crippen molar-refractivity contribution in [2.45, 2.75) is 135 Å². The van der Waals surface area contributed by atoms with Gasteiger partial charge >= 0.3 is 5.97 Å². The van der Waals surface area contributed by atoms with E-state index in [0.717, 1.165) is 12.8 Å². The maximum atomic E-state index is 10.4. The predicted octanol–water partition coefficient (Wildman–Crippen LogP) is 8.45. The van der Waals surface area contributed by atoms with Crippen molar-refractivity contribution < 1.29 is 9.90 Å². The fraction of sp³-hybridized carbons (Fsp3) is 0.875. The lowest BCUT2D eigenvalue weighted by Crippen LogP contribution is -1.93. The van der Waals surface area contributed by atoms with Gasteiger partial charge in [0.05, 0.1) is 0 Å². The quantitative estimate of drug-likeness (QED) is 0.163. The first-order chi connectivity index (χ1) is 12.8. The Hall–Kier alpha value is -0.790. The second-order valence-electron chi connectivity index (χ2n) is 7.85. The highest BCUT2D eigenvalue weighted by Gasteiger charge is 1.97. The number of aliphatic carboxylic acids is 1. The Morgan fingerprint density at radius 3 is 1.31 bits per heavy atom. The first kappa shape index (κ1) is 25.2. The maximum absolute atomic E-state index is 10.4. The molecule has 0 radical (unpaired) electrons. The van der Waals surface area contributed by atoms with Crippen molar-refractivity contribution in [1.82, 2.24) is 0 Å². The molecule has 2 heteroatoms. The number of hydrogen-bond donors (Lipinski definition) is 1. The van der Waals surface area contributed by atoms with Gasteiger partial charge in [-0.05, 0) is 32.1 Å². The molecule has 0 saturated heterocycles. The molecule has 0 unspecified atom stereocenters. The van der Waals surface area contributed by atoms with Gasteiger partial charge in [-0.25, -0.2) is 0 Å². The highest BCUT2D eigenvalue weighted by atomic mass is 16.4. The van der Waals surface area contributed by atoms with Gasteiger partial charge in [0.25, 0.3) is 0 Å². The van der Waals surface area contributed by atoms with Crippen molar-refractivity contribution >= 4 is 5.97 Å². The van der Waals surface area contributed by atoms with Crippen LogP contribution in [0.3, 0.4) is 0 Å². The molecule has 0 rings (SSSR count). The molecule has 0 aromatic rings. The number of carbonyl (C=O) groups is 1. The van der Waals surface area contributed by atoms with Gasteiger partial charge in [-0.1, -0.05) is 109 Å². The van der Waals surface area contributed by atoms with Gasteiger partial charge in [-0.2, -0.15) is 0 Å². The Bertz CT molecular complexity index is 309. The first-order valence-corrected chi connectivity index (χ1v) is 11.6. The van der Waals surface area contributed by atoms with Crippen LogP contribution in [0.4, 0.5) is 0 Å². The average molecular weight is 367 g/mol. The molecule has 2 nitrogen and oxygen atoms in total. The number of allylic oxidation sites excluding steroid dienone is 2. The van der Waals surface area contributed by atoms with Crippen LogP contribution in [0.5, 0.6) is 0 Å². The molecule has 26 heavy (non-hydrogen) atoms. The monoisotopic (exact) mass is 366 g/mol. The fourth-order valence-corrected chi connectivity index (χ4v) is 3.41. The summed E-state index contributed by atoms with van der Waals surface area (Å²) >= 11 is 0. The Kier molecular flexibility index (Phi) is 21.6. The molecule has 154 valence electrons. The van der Waals surface area contributed by atoms with Crippen LogP contribution in [-0.4, -0.2) is 11.1 Å². The van der Waals surface area contributed by atoms with Crippen LogP contribution in [0.2, 0.25) is 0 Å². The average Bonchev–Trinajstić information content (AvgIpc) is 2.62. The minimum Gasteiger partial charge on any atom is -0.481 e.